The lowest BCUT2D eigenvalue weighted by Crippen LogP contribution is -2.44. The number of anilines is 4. The number of piperazine rings is 1. The molecule has 0 unspecified atom stereocenters. The van der Waals surface area contributed by atoms with Crippen LogP contribution >= 0.6 is 0 Å². The number of carbonyl (C=O) groups excluding carboxylic acids is 1. The van der Waals surface area contributed by atoms with Gasteiger partial charge in [-0.3, -0.25) is 4.79 Å². The van der Waals surface area contributed by atoms with Crippen LogP contribution in [0.25, 0.3) is 0 Å². The Morgan fingerprint density at radius 1 is 1.11 bits per heavy atom. The van der Waals surface area contributed by atoms with Crippen LogP contribution in [0.15, 0.2) is 24.4 Å². The maximum Gasteiger partial charge on any atom is 0.421 e. The smallest absolute Gasteiger partial charge is 0.369 e. The number of aromatic nitrogens is 2. The van der Waals surface area contributed by atoms with E-state index in [1.54, 1.807) is 4.90 Å². The zero-order valence-corrected chi connectivity index (χ0v) is 20.2. The Morgan fingerprint density at radius 2 is 1.89 bits per heavy atom. The molecule has 0 aliphatic carbocycles. The van der Waals surface area contributed by atoms with Crippen LogP contribution in [0.2, 0.25) is 0 Å². The molecule has 8 nitrogen and oxygen atoms in total. The number of likely N-dealkylation sites (tertiary alicyclic amines) is 1. The summed E-state index contributed by atoms with van der Waals surface area (Å²) < 4.78 is 40.6. The fraction of sp³-hybridized carbons (Fsp3) is 0.542. The lowest BCUT2D eigenvalue weighted by molar-refractivity contribution is -0.139. The molecule has 1 aromatic heterocycles. The van der Waals surface area contributed by atoms with Gasteiger partial charge in [0.15, 0.2) is 0 Å². The number of nitrogens with one attached hydrogen (secondary N) is 2. The number of rotatable bonds is 9. The second-order valence-corrected chi connectivity index (χ2v) is 8.98. The van der Waals surface area contributed by atoms with Crippen molar-refractivity contribution < 1.29 is 18.0 Å². The van der Waals surface area contributed by atoms with Gasteiger partial charge in [0, 0.05) is 69.8 Å². The van der Waals surface area contributed by atoms with E-state index >= 15 is 0 Å². The largest absolute Gasteiger partial charge is 0.421 e. The molecule has 2 N–H and O–H groups in total. The lowest BCUT2D eigenvalue weighted by Gasteiger charge is -2.34. The summed E-state index contributed by atoms with van der Waals surface area (Å²) in [5.74, 6) is -0.0858. The molecule has 0 spiro atoms. The van der Waals surface area contributed by atoms with Crippen molar-refractivity contribution in [2.75, 3.05) is 68.4 Å². The van der Waals surface area contributed by atoms with E-state index in [2.05, 4.69) is 43.5 Å². The van der Waals surface area contributed by atoms with Gasteiger partial charge in [-0.05, 0) is 43.7 Å². The molecule has 0 saturated carbocycles. The van der Waals surface area contributed by atoms with E-state index in [-0.39, 0.29) is 24.2 Å². The topological polar surface area (TPSA) is 76.6 Å². The number of amides is 1. The van der Waals surface area contributed by atoms with Crippen molar-refractivity contribution in [1.82, 2.24) is 19.8 Å². The Bertz CT molecular complexity index is 1040. The first-order chi connectivity index (χ1) is 16.7. The van der Waals surface area contributed by atoms with Crippen LogP contribution < -0.4 is 15.5 Å². The number of aryl methyl sites for hydroxylation is 1. The molecule has 0 radical (unpaired) electrons. The normalized spacial score (nSPS) is 16.9. The van der Waals surface area contributed by atoms with E-state index in [0.717, 1.165) is 55.7 Å². The summed E-state index contributed by atoms with van der Waals surface area (Å²) in [4.78, 5) is 25.8. The van der Waals surface area contributed by atoms with Crippen molar-refractivity contribution >= 4 is 29.0 Å². The Labute approximate surface area is 203 Å². The maximum absolute atomic E-state index is 13.5. The van der Waals surface area contributed by atoms with Gasteiger partial charge in [0.25, 0.3) is 0 Å². The SMILES string of the molecule is CCc1cc(N2CCN(C)CC2)ccc1Nc1ncc(C(F)(F)F)c(NCCCN2CCC2=O)n1. The van der Waals surface area contributed by atoms with Crippen molar-refractivity contribution in [3.63, 3.8) is 0 Å². The quantitative estimate of drug-likeness (QED) is 0.410. The summed E-state index contributed by atoms with van der Waals surface area (Å²) >= 11 is 0. The first-order valence-corrected chi connectivity index (χ1v) is 12.0. The molecule has 0 bridgehead atoms. The summed E-state index contributed by atoms with van der Waals surface area (Å²) in [6.07, 6.45) is -1.94. The number of carbonyl (C=O) groups is 1. The molecule has 2 saturated heterocycles. The summed E-state index contributed by atoms with van der Waals surface area (Å²) in [5, 5.41) is 5.89. The van der Waals surface area contributed by atoms with Crippen LogP contribution in [-0.4, -0.2) is 78.5 Å². The highest BCUT2D eigenvalue weighted by atomic mass is 19.4. The van der Waals surface area contributed by atoms with Gasteiger partial charge in [-0.1, -0.05) is 6.92 Å². The minimum absolute atomic E-state index is 0.0832. The molecule has 35 heavy (non-hydrogen) atoms. The van der Waals surface area contributed by atoms with E-state index < -0.39 is 11.7 Å². The van der Waals surface area contributed by atoms with E-state index in [0.29, 0.717) is 25.9 Å². The van der Waals surface area contributed by atoms with Gasteiger partial charge in [-0.15, -0.1) is 0 Å². The Kier molecular flexibility index (Phi) is 7.63. The first-order valence-electron chi connectivity index (χ1n) is 12.0. The summed E-state index contributed by atoms with van der Waals surface area (Å²) in [7, 11) is 2.11. The molecule has 190 valence electrons. The van der Waals surface area contributed by atoms with E-state index in [1.807, 2.05) is 19.1 Å². The number of hydrogen-bond donors (Lipinski definition) is 2. The number of alkyl halides is 3. The predicted molar refractivity (Wildman–Crippen MR) is 130 cm³/mol. The van der Waals surface area contributed by atoms with Crippen LogP contribution in [0.5, 0.6) is 0 Å². The minimum atomic E-state index is -4.58. The van der Waals surface area contributed by atoms with Crippen LogP contribution in [0.1, 0.15) is 30.9 Å². The number of nitrogens with zero attached hydrogens (tertiary/aromatic N) is 5. The molecule has 2 aromatic rings. The first kappa shape index (κ1) is 25.0. The third kappa shape index (κ3) is 6.14. The van der Waals surface area contributed by atoms with Gasteiger partial charge in [0.1, 0.15) is 11.4 Å². The van der Waals surface area contributed by atoms with E-state index in [1.165, 1.54) is 0 Å². The molecule has 11 heteroatoms. The van der Waals surface area contributed by atoms with Gasteiger partial charge in [-0.2, -0.15) is 18.2 Å². The van der Waals surface area contributed by atoms with Gasteiger partial charge in [0.2, 0.25) is 11.9 Å². The molecule has 1 amide bonds. The zero-order chi connectivity index (χ0) is 25.0. The van der Waals surface area contributed by atoms with Crippen LogP contribution in [0, 0.1) is 0 Å². The molecule has 2 aliphatic rings. The van der Waals surface area contributed by atoms with Gasteiger partial charge in [-0.25, -0.2) is 4.98 Å². The monoisotopic (exact) mass is 491 g/mol. The fourth-order valence-corrected chi connectivity index (χ4v) is 4.24. The average molecular weight is 492 g/mol. The second kappa shape index (κ2) is 10.7. The highest BCUT2D eigenvalue weighted by Crippen LogP contribution is 2.34. The van der Waals surface area contributed by atoms with Crippen LogP contribution in [0.4, 0.5) is 36.3 Å². The summed E-state index contributed by atoms with van der Waals surface area (Å²) in [5.41, 5.74) is 2.03. The Morgan fingerprint density at radius 3 is 2.51 bits per heavy atom. The molecular formula is C24H32F3N7O. The maximum atomic E-state index is 13.5. The van der Waals surface area contributed by atoms with Gasteiger partial charge in [0.05, 0.1) is 0 Å². The molecule has 3 heterocycles. The van der Waals surface area contributed by atoms with Gasteiger partial charge < -0.3 is 25.3 Å². The molecular weight excluding hydrogens is 459 g/mol. The average Bonchev–Trinajstić information content (AvgIpc) is 2.83. The molecule has 2 fully saturated rings. The van der Waals surface area contributed by atoms with Crippen LogP contribution in [-0.2, 0) is 17.4 Å². The number of halogens is 3. The number of hydrogen-bond acceptors (Lipinski definition) is 7. The molecule has 1 aromatic carbocycles. The highest BCUT2D eigenvalue weighted by molar-refractivity contribution is 5.81. The van der Waals surface area contributed by atoms with Crippen LogP contribution in [0.3, 0.4) is 0 Å². The van der Waals surface area contributed by atoms with Crippen molar-refractivity contribution in [3.05, 3.63) is 35.5 Å². The molecule has 4 rings (SSSR count). The van der Waals surface area contributed by atoms with Crippen molar-refractivity contribution in [1.29, 1.82) is 0 Å². The fourth-order valence-electron chi connectivity index (χ4n) is 4.24. The van der Waals surface area contributed by atoms with Crippen molar-refractivity contribution in [2.45, 2.75) is 32.4 Å². The Balaban J connectivity index is 1.46. The summed E-state index contributed by atoms with van der Waals surface area (Å²) in [6.45, 7) is 7.45. The molecule has 0 atom stereocenters. The number of likely N-dealkylation sites (N-methyl/N-ethyl adjacent to an activating group) is 1. The zero-order valence-electron chi connectivity index (χ0n) is 20.2. The number of benzene rings is 1. The standard InChI is InChI=1S/C24H32F3N7O/c1-3-17-15-18(33-13-11-32(2)12-14-33)5-6-20(17)30-23-29-16-19(24(25,26)27)22(31-23)28-8-4-9-34-10-7-21(34)35/h5-6,15-16H,3-4,7-14H2,1-2H3,(H2,28,29,30,31). The predicted octanol–water partition coefficient (Wildman–Crippen LogP) is 3.59. The van der Waals surface area contributed by atoms with Crippen molar-refractivity contribution in [2.24, 2.45) is 0 Å². The highest BCUT2D eigenvalue weighted by Gasteiger charge is 2.35. The third-order valence-corrected chi connectivity index (χ3v) is 6.52. The minimum Gasteiger partial charge on any atom is -0.369 e. The van der Waals surface area contributed by atoms with Gasteiger partial charge >= 0.3 is 6.18 Å². The van der Waals surface area contributed by atoms with E-state index in [9.17, 15) is 18.0 Å². The molecule has 2 aliphatic heterocycles. The van der Waals surface area contributed by atoms with E-state index in [4.69, 9.17) is 0 Å². The third-order valence-electron chi connectivity index (χ3n) is 6.52. The Hall–Kier alpha value is -3.08. The summed E-state index contributed by atoms with van der Waals surface area (Å²) in [6, 6.07) is 6.08. The van der Waals surface area contributed by atoms with Crippen molar-refractivity contribution in [3.8, 4) is 0 Å². The second-order valence-electron chi connectivity index (χ2n) is 8.98. The lowest BCUT2D eigenvalue weighted by atomic mass is 10.1. The number of β-lactam (4-membered cyclic amide) rings is 1.